The maximum absolute atomic E-state index is 12.5. The third-order valence-corrected chi connectivity index (χ3v) is 3.78. The molecule has 5 nitrogen and oxygen atoms in total. The third-order valence-electron chi connectivity index (χ3n) is 3.55. The number of benzene rings is 1. The average Bonchev–Trinajstić information content (AvgIpc) is 2.50. The van der Waals surface area contributed by atoms with Crippen LogP contribution in [0.25, 0.3) is 0 Å². The lowest BCUT2D eigenvalue weighted by Gasteiger charge is -2.33. The number of rotatable bonds is 6. The summed E-state index contributed by atoms with van der Waals surface area (Å²) in [6.45, 7) is 4.54. The number of fused-ring (bicyclic) bond motifs is 1. The number of halogens is 1. The van der Waals surface area contributed by atoms with Crippen LogP contribution in [0.1, 0.15) is 33.1 Å². The van der Waals surface area contributed by atoms with E-state index in [1.807, 2.05) is 6.92 Å². The van der Waals surface area contributed by atoms with Crippen molar-refractivity contribution < 1.29 is 14.3 Å². The minimum Gasteiger partial charge on any atom is -0.478 e. The molecule has 1 aromatic carbocycles. The van der Waals surface area contributed by atoms with Gasteiger partial charge < -0.3 is 10.1 Å². The number of nitrogens with zero attached hydrogens (tertiary/aromatic N) is 1. The molecule has 1 heterocycles. The molecular weight excluding hydrogens is 304 g/mol. The molecule has 2 rings (SSSR count). The Balaban J connectivity index is 2.18. The van der Waals surface area contributed by atoms with E-state index in [4.69, 9.17) is 16.3 Å². The van der Waals surface area contributed by atoms with Crippen LogP contribution in [-0.2, 0) is 9.59 Å². The van der Waals surface area contributed by atoms with Crippen LogP contribution in [-0.4, -0.2) is 31.0 Å². The smallest absolute Gasteiger partial charge is 0.268 e. The maximum atomic E-state index is 12.5. The molecule has 1 aliphatic rings. The highest BCUT2D eigenvalue weighted by Gasteiger charge is 2.34. The van der Waals surface area contributed by atoms with Crippen molar-refractivity contribution in [3.05, 3.63) is 23.2 Å². The monoisotopic (exact) mass is 324 g/mol. The van der Waals surface area contributed by atoms with Crippen LogP contribution >= 0.6 is 11.6 Å². The van der Waals surface area contributed by atoms with E-state index in [9.17, 15) is 9.59 Å². The number of carbonyl (C=O) groups is 2. The van der Waals surface area contributed by atoms with Gasteiger partial charge in [0.05, 0.1) is 5.69 Å². The standard InChI is InChI=1S/C16H21ClN2O3/c1-3-5-8-18-15(20)10-19-12-9-11(17)6-7-14(12)22-13(4-2)16(19)21/h6-7,9,13H,3-5,8,10H2,1-2H3,(H,18,20)/t13-/m1/s1. The van der Waals surface area contributed by atoms with Gasteiger partial charge in [0.2, 0.25) is 5.91 Å². The number of unbranched alkanes of at least 4 members (excludes halogenated alkanes) is 1. The molecule has 0 aromatic heterocycles. The minimum atomic E-state index is -0.558. The van der Waals surface area contributed by atoms with E-state index in [2.05, 4.69) is 12.2 Å². The number of ether oxygens (including phenoxy) is 1. The molecule has 0 bridgehead atoms. The highest BCUT2D eigenvalue weighted by molar-refractivity contribution is 6.31. The summed E-state index contributed by atoms with van der Waals surface area (Å²) in [4.78, 5) is 26.0. The van der Waals surface area contributed by atoms with E-state index in [-0.39, 0.29) is 18.4 Å². The molecule has 1 atom stereocenters. The number of hydrogen-bond acceptors (Lipinski definition) is 3. The van der Waals surface area contributed by atoms with Crippen molar-refractivity contribution in [1.29, 1.82) is 0 Å². The fourth-order valence-electron chi connectivity index (χ4n) is 2.32. The van der Waals surface area contributed by atoms with Crippen molar-refractivity contribution in [3.8, 4) is 5.75 Å². The van der Waals surface area contributed by atoms with Crippen molar-refractivity contribution in [2.45, 2.75) is 39.2 Å². The van der Waals surface area contributed by atoms with Gasteiger partial charge in [0.25, 0.3) is 5.91 Å². The second kappa shape index (κ2) is 7.49. The Kier molecular flexibility index (Phi) is 5.66. The van der Waals surface area contributed by atoms with Gasteiger partial charge in [-0.25, -0.2) is 0 Å². The van der Waals surface area contributed by atoms with E-state index >= 15 is 0 Å². The molecule has 0 aliphatic carbocycles. The largest absolute Gasteiger partial charge is 0.478 e. The van der Waals surface area contributed by atoms with Crippen LogP contribution in [0.3, 0.4) is 0 Å². The minimum absolute atomic E-state index is 0.0181. The van der Waals surface area contributed by atoms with Gasteiger partial charge >= 0.3 is 0 Å². The summed E-state index contributed by atoms with van der Waals surface area (Å²) < 4.78 is 5.68. The maximum Gasteiger partial charge on any atom is 0.268 e. The molecule has 120 valence electrons. The zero-order chi connectivity index (χ0) is 16.1. The third kappa shape index (κ3) is 3.71. The van der Waals surface area contributed by atoms with Gasteiger partial charge in [0, 0.05) is 11.6 Å². The lowest BCUT2D eigenvalue weighted by Crippen LogP contribution is -2.49. The first-order valence-corrected chi connectivity index (χ1v) is 7.98. The number of amides is 2. The van der Waals surface area contributed by atoms with Gasteiger partial charge in [-0.3, -0.25) is 14.5 Å². The number of carbonyl (C=O) groups excluding carboxylic acids is 2. The van der Waals surface area contributed by atoms with E-state index in [0.29, 0.717) is 29.4 Å². The molecule has 22 heavy (non-hydrogen) atoms. The fraction of sp³-hybridized carbons (Fsp3) is 0.500. The van der Waals surface area contributed by atoms with E-state index in [1.54, 1.807) is 18.2 Å². The van der Waals surface area contributed by atoms with Crippen molar-refractivity contribution in [2.75, 3.05) is 18.0 Å². The molecule has 0 saturated heterocycles. The lowest BCUT2D eigenvalue weighted by molar-refractivity contribution is -0.129. The molecule has 1 aliphatic heterocycles. The Morgan fingerprint density at radius 1 is 1.41 bits per heavy atom. The van der Waals surface area contributed by atoms with Crippen LogP contribution in [0.2, 0.25) is 5.02 Å². The Labute approximate surface area is 135 Å². The first-order chi connectivity index (χ1) is 10.6. The Morgan fingerprint density at radius 2 is 2.18 bits per heavy atom. The highest BCUT2D eigenvalue weighted by Crippen LogP contribution is 2.36. The van der Waals surface area contributed by atoms with E-state index in [1.165, 1.54) is 4.90 Å². The highest BCUT2D eigenvalue weighted by atomic mass is 35.5. The molecule has 6 heteroatoms. The second-order valence-corrected chi connectivity index (χ2v) is 5.69. The molecule has 0 spiro atoms. The molecule has 1 aromatic rings. The summed E-state index contributed by atoms with van der Waals surface area (Å²) in [7, 11) is 0. The molecule has 0 fully saturated rings. The topological polar surface area (TPSA) is 58.6 Å². The van der Waals surface area contributed by atoms with Crippen LogP contribution in [0, 0.1) is 0 Å². The molecule has 1 N–H and O–H groups in total. The van der Waals surface area contributed by atoms with Crippen molar-refractivity contribution >= 4 is 29.1 Å². The zero-order valence-corrected chi connectivity index (χ0v) is 13.7. The number of hydrogen-bond donors (Lipinski definition) is 1. The zero-order valence-electron chi connectivity index (χ0n) is 12.9. The van der Waals surface area contributed by atoms with Crippen molar-refractivity contribution in [2.24, 2.45) is 0 Å². The predicted octanol–water partition coefficient (Wildman–Crippen LogP) is 2.76. The fourth-order valence-corrected chi connectivity index (χ4v) is 2.49. The molecule has 0 saturated carbocycles. The normalized spacial score (nSPS) is 17.0. The van der Waals surface area contributed by atoms with Gasteiger partial charge in [-0.05, 0) is 31.0 Å². The van der Waals surface area contributed by atoms with Gasteiger partial charge in [-0.1, -0.05) is 31.9 Å². The Hall–Kier alpha value is -1.75. The quantitative estimate of drug-likeness (QED) is 0.819. The molecule has 2 amide bonds. The van der Waals surface area contributed by atoms with Crippen LogP contribution in [0.15, 0.2) is 18.2 Å². The van der Waals surface area contributed by atoms with E-state index in [0.717, 1.165) is 12.8 Å². The van der Waals surface area contributed by atoms with Gasteiger partial charge in [-0.2, -0.15) is 0 Å². The van der Waals surface area contributed by atoms with Crippen LogP contribution in [0.4, 0.5) is 5.69 Å². The van der Waals surface area contributed by atoms with Gasteiger partial charge in [0.1, 0.15) is 12.3 Å². The Bertz CT molecular complexity index is 562. The summed E-state index contributed by atoms with van der Waals surface area (Å²) in [5, 5.41) is 3.32. The van der Waals surface area contributed by atoms with Crippen molar-refractivity contribution in [1.82, 2.24) is 5.32 Å². The number of anilines is 1. The molecule has 0 radical (unpaired) electrons. The second-order valence-electron chi connectivity index (χ2n) is 5.25. The van der Waals surface area contributed by atoms with Gasteiger partial charge in [0.15, 0.2) is 6.10 Å². The van der Waals surface area contributed by atoms with Gasteiger partial charge in [-0.15, -0.1) is 0 Å². The summed E-state index contributed by atoms with van der Waals surface area (Å²) in [5.41, 5.74) is 0.549. The SMILES string of the molecule is CCCCNC(=O)CN1C(=O)[C@@H](CC)Oc2ccc(Cl)cc21. The predicted molar refractivity (Wildman–Crippen MR) is 86.4 cm³/mol. The summed E-state index contributed by atoms with van der Waals surface area (Å²) >= 11 is 6.00. The molecule has 0 unspecified atom stereocenters. The van der Waals surface area contributed by atoms with Crippen molar-refractivity contribution in [3.63, 3.8) is 0 Å². The molecular formula is C16H21ClN2O3. The summed E-state index contributed by atoms with van der Waals surface area (Å²) in [6, 6.07) is 5.09. The van der Waals surface area contributed by atoms with E-state index < -0.39 is 6.10 Å². The Morgan fingerprint density at radius 3 is 2.86 bits per heavy atom. The van der Waals surface area contributed by atoms with Crippen LogP contribution in [0.5, 0.6) is 5.75 Å². The summed E-state index contributed by atoms with van der Waals surface area (Å²) in [6.07, 6.45) is 1.92. The first-order valence-electron chi connectivity index (χ1n) is 7.61. The number of nitrogens with one attached hydrogen (secondary N) is 1. The lowest BCUT2D eigenvalue weighted by atomic mass is 10.1. The first kappa shape index (κ1) is 16.6. The summed E-state index contributed by atoms with van der Waals surface area (Å²) in [5.74, 6) is 0.199. The average molecular weight is 325 g/mol. The van der Waals surface area contributed by atoms with Crippen LogP contribution < -0.4 is 15.0 Å².